The summed E-state index contributed by atoms with van der Waals surface area (Å²) in [5.41, 5.74) is 4.94. The molecule has 2 aromatic carbocycles. The number of carboxylic acids is 1. The highest BCUT2D eigenvalue weighted by Gasteiger charge is 2.31. The summed E-state index contributed by atoms with van der Waals surface area (Å²) in [6.07, 6.45) is 8.13. The zero-order chi connectivity index (χ0) is 26.2. The zero-order valence-electron chi connectivity index (χ0n) is 22.1. The largest absolute Gasteiger partial charge is 0.480 e. The van der Waals surface area contributed by atoms with E-state index in [1.54, 1.807) is 6.07 Å². The number of aryl methyl sites for hydroxylation is 2. The molecule has 5 nitrogen and oxygen atoms in total. The van der Waals surface area contributed by atoms with Gasteiger partial charge < -0.3 is 15.5 Å². The highest BCUT2D eigenvalue weighted by Crippen LogP contribution is 2.40. The summed E-state index contributed by atoms with van der Waals surface area (Å²) in [6, 6.07) is 12.4. The van der Waals surface area contributed by atoms with Crippen LogP contribution in [0.3, 0.4) is 0 Å². The smallest absolute Gasteiger partial charge is 0.322 e. The van der Waals surface area contributed by atoms with Gasteiger partial charge >= 0.3 is 5.97 Å². The average Bonchev–Trinajstić information content (AvgIpc) is 2.83. The number of amides is 1. The number of nitrogens with one attached hydrogen (secondary N) is 1. The van der Waals surface area contributed by atoms with Gasteiger partial charge in [0.2, 0.25) is 0 Å². The van der Waals surface area contributed by atoms with Gasteiger partial charge in [-0.3, -0.25) is 9.59 Å². The van der Waals surface area contributed by atoms with Gasteiger partial charge in [0.05, 0.1) is 5.60 Å². The van der Waals surface area contributed by atoms with Crippen molar-refractivity contribution < 1.29 is 19.8 Å². The molecule has 0 spiro atoms. The van der Waals surface area contributed by atoms with Gasteiger partial charge in [0, 0.05) is 11.0 Å². The molecule has 0 radical (unpaired) electrons. The van der Waals surface area contributed by atoms with Crippen LogP contribution in [0.15, 0.2) is 42.5 Å². The molecule has 2 rings (SSSR count). The molecule has 0 fully saturated rings. The van der Waals surface area contributed by atoms with E-state index in [4.69, 9.17) is 5.11 Å². The maximum absolute atomic E-state index is 12.4. The van der Waals surface area contributed by atoms with Crippen molar-refractivity contribution in [3.05, 3.63) is 75.9 Å². The lowest BCUT2D eigenvalue weighted by Crippen LogP contribution is -2.30. The maximum Gasteiger partial charge on any atom is 0.322 e. The molecular weight excluding hydrogens is 438 g/mol. The van der Waals surface area contributed by atoms with E-state index in [-0.39, 0.29) is 11.3 Å². The lowest BCUT2D eigenvalue weighted by molar-refractivity contribution is -0.135. The Morgan fingerprint density at radius 3 is 2.00 bits per heavy atom. The molecule has 190 valence electrons. The molecule has 0 aliphatic rings. The van der Waals surface area contributed by atoms with Crippen molar-refractivity contribution in [2.75, 3.05) is 6.54 Å². The molecule has 5 heteroatoms. The van der Waals surface area contributed by atoms with E-state index >= 15 is 0 Å². The Hall–Kier alpha value is -2.92. The van der Waals surface area contributed by atoms with Crippen LogP contribution in [0.1, 0.15) is 98.0 Å². The molecule has 0 aliphatic heterocycles. The van der Waals surface area contributed by atoms with Crippen molar-refractivity contribution in [2.45, 2.75) is 84.7 Å². The third kappa shape index (κ3) is 6.61. The Balaban J connectivity index is 2.42. The molecule has 1 atom stereocenters. The van der Waals surface area contributed by atoms with Gasteiger partial charge in [-0.15, -0.1) is 0 Å². The van der Waals surface area contributed by atoms with E-state index in [9.17, 15) is 14.7 Å². The summed E-state index contributed by atoms with van der Waals surface area (Å²) in [6.45, 7) is 12.0. The fraction of sp³-hybridized carbons (Fsp3) is 0.467. The quantitative estimate of drug-likeness (QED) is 0.339. The van der Waals surface area contributed by atoms with Crippen molar-refractivity contribution in [3.8, 4) is 0 Å². The maximum atomic E-state index is 12.4. The molecule has 0 heterocycles. The summed E-state index contributed by atoms with van der Waals surface area (Å²) in [5.74, 6) is -1.45. The predicted molar refractivity (Wildman–Crippen MR) is 143 cm³/mol. The first-order valence-corrected chi connectivity index (χ1v) is 12.7. The third-order valence-electron chi connectivity index (χ3n) is 7.32. The third-order valence-corrected chi connectivity index (χ3v) is 7.32. The molecule has 1 amide bonds. The van der Waals surface area contributed by atoms with Gasteiger partial charge in [-0.1, -0.05) is 76.6 Å². The van der Waals surface area contributed by atoms with Crippen LogP contribution in [0.5, 0.6) is 0 Å². The fourth-order valence-corrected chi connectivity index (χ4v) is 4.92. The fourth-order valence-electron chi connectivity index (χ4n) is 4.92. The van der Waals surface area contributed by atoms with Crippen molar-refractivity contribution >= 4 is 18.0 Å². The number of aliphatic hydroxyl groups is 1. The Bertz CT molecular complexity index is 1070. The van der Waals surface area contributed by atoms with Gasteiger partial charge in [-0.25, -0.2) is 0 Å². The second-order valence-corrected chi connectivity index (χ2v) is 9.51. The summed E-state index contributed by atoms with van der Waals surface area (Å²) >= 11 is 0. The van der Waals surface area contributed by atoms with Crippen LogP contribution in [-0.4, -0.2) is 34.2 Å². The van der Waals surface area contributed by atoms with E-state index in [0.717, 1.165) is 47.9 Å². The van der Waals surface area contributed by atoms with E-state index < -0.39 is 18.1 Å². The lowest BCUT2D eigenvalue weighted by atomic mass is 9.69. The average molecular weight is 480 g/mol. The Labute approximate surface area is 210 Å². The highest BCUT2D eigenvalue weighted by atomic mass is 16.4. The minimum atomic E-state index is -1.07. The Kier molecular flexibility index (Phi) is 9.84. The molecule has 0 saturated heterocycles. The highest BCUT2D eigenvalue weighted by molar-refractivity contribution is 5.97. The van der Waals surface area contributed by atoms with E-state index in [0.29, 0.717) is 12.0 Å². The minimum absolute atomic E-state index is 0.208. The van der Waals surface area contributed by atoms with Crippen molar-refractivity contribution in [1.82, 2.24) is 5.32 Å². The molecule has 2 aromatic rings. The number of carboxylic acid groups (broad SMARTS) is 1. The zero-order valence-corrected chi connectivity index (χ0v) is 22.1. The first kappa shape index (κ1) is 28.3. The molecule has 0 aliphatic carbocycles. The van der Waals surface area contributed by atoms with Crippen LogP contribution in [0.25, 0.3) is 6.08 Å². The van der Waals surface area contributed by atoms with Crippen LogP contribution >= 0.6 is 0 Å². The number of carbonyl (C=O) groups excluding carboxylic acids is 1. The molecule has 3 N–H and O–H groups in total. The first-order chi connectivity index (χ1) is 16.6. The van der Waals surface area contributed by atoms with Gasteiger partial charge in [0.15, 0.2) is 0 Å². The van der Waals surface area contributed by atoms with Crippen LogP contribution < -0.4 is 5.32 Å². The second kappa shape index (κ2) is 12.2. The number of hydrogen-bond donors (Lipinski definition) is 3. The number of hydrogen-bond acceptors (Lipinski definition) is 3. The van der Waals surface area contributed by atoms with Gasteiger partial charge in [0.25, 0.3) is 5.91 Å². The van der Waals surface area contributed by atoms with Crippen LogP contribution in [0.4, 0.5) is 0 Å². The molecule has 1 unspecified atom stereocenters. The molecular formula is C30H41NO4. The van der Waals surface area contributed by atoms with Crippen molar-refractivity contribution in [3.63, 3.8) is 0 Å². The summed E-state index contributed by atoms with van der Waals surface area (Å²) < 4.78 is 0. The Morgan fingerprint density at radius 1 is 0.914 bits per heavy atom. The summed E-state index contributed by atoms with van der Waals surface area (Å²) in [4.78, 5) is 23.2. The van der Waals surface area contributed by atoms with Crippen LogP contribution in [0.2, 0.25) is 0 Å². The van der Waals surface area contributed by atoms with Gasteiger partial charge in [-0.2, -0.15) is 0 Å². The van der Waals surface area contributed by atoms with E-state index in [1.165, 1.54) is 5.56 Å². The minimum Gasteiger partial charge on any atom is -0.480 e. The normalized spacial score (nSPS) is 13.6. The first-order valence-electron chi connectivity index (χ1n) is 12.7. The number of rotatable bonds is 12. The SMILES string of the molecule is CCCC(O)(/C=C/c1ccc(C(CC)(CC)c2ccc(C(=O)NCC(=O)O)c(C)c2)cc1C)CC. The topological polar surface area (TPSA) is 86.6 Å². The van der Waals surface area contributed by atoms with Crippen LogP contribution in [0, 0.1) is 13.8 Å². The lowest BCUT2D eigenvalue weighted by Gasteiger charge is -2.34. The monoisotopic (exact) mass is 479 g/mol. The van der Waals surface area contributed by atoms with Gasteiger partial charge in [0.1, 0.15) is 6.54 Å². The number of benzene rings is 2. The number of aliphatic carboxylic acids is 1. The second-order valence-electron chi connectivity index (χ2n) is 9.51. The summed E-state index contributed by atoms with van der Waals surface area (Å²) in [5, 5.41) is 22.1. The van der Waals surface area contributed by atoms with E-state index in [2.05, 4.69) is 57.3 Å². The van der Waals surface area contributed by atoms with E-state index in [1.807, 2.05) is 32.1 Å². The molecule has 0 saturated carbocycles. The van der Waals surface area contributed by atoms with Crippen molar-refractivity contribution in [1.29, 1.82) is 0 Å². The van der Waals surface area contributed by atoms with Gasteiger partial charge in [-0.05, 0) is 73.4 Å². The van der Waals surface area contributed by atoms with Crippen molar-refractivity contribution in [2.24, 2.45) is 0 Å². The standard InChI is InChI=1S/C30H41NO4/c1-7-16-29(35,8-2)17-15-23-11-12-24(18-21(23)5)30(9-3,10-4)25-13-14-26(22(6)19-25)28(34)31-20-27(32)33/h11-15,17-19,35H,7-10,16,20H2,1-6H3,(H,31,34)(H,32,33)/b17-15+. The Morgan fingerprint density at radius 2 is 1.51 bits per heavy atom. The molecule has 35 heavy (non-hydrogen) atoms. The number of carbonyl (C=O) groups is 2. The van der Waals surface area contributed by atoms with Crippen LogP contribution in [-0.2, 0) is 10.2 Å². The molecule has 0 bridgehead atoms. The predicted octanol–water partition coefficient (Wildman–Crippen LogP) is 6.18. The molecule has 0 aromatic heterocycles. The summed E-state index contributed by atoms with van der Waals surface area (Å²) in [7, 11) is 0.